The number of rotatable bonds is 3. The summed E-state index contributed by atoms with van der Waals surface area (Å²) in [7, 11) is 0. The average Bonchev–Trinajstić information content (AvgIpc) is 3.04. The van der Waals surface area contributed by atoms with Crippen molar-refractivity contribution in [3.63, 3.8) is 0 Å². The number of nitrogens with one attached hydrogen (secondary N) is 1. The predicted molar refractivity (Wildman–Crippen MR) is 70.9 cm³/mol. The molecule has 0 bridgehead atoms. The molecule has 2 atom stereocenters. The van der Waals surface area contributed by atoms with Gasteiger partial charge in [-0.3, -0.25) is 4.79 Å². The highest BCUT2D eigenvalue weighted by molar-refractivity contribution is 6.00. The molecule has 5 nitrogen and oxygen atoms in total. The van der Waals surface area contributed by atoms with Crippen molar-refractivity contribution in [3.8, 4) is 0 Å². The highest BCUT2D eigenvalue weighted by Crippen LogP contribution is 2.25. The molecule has 2 unspecified atom stereocenters. The zero-order chi connectivity index (χ0) is 13.2. The molecular formula is C14H17N3O2. The van der Waals surface area contributed by atoms with Crippen molar-refractivity contribution in [3.05, 3.63) is 36.2 Å². The molecule has 2 aromatic heterocycles. The van der Waals surface area contributed by atoms with Gasteiger partial charge in [-0.15, -0.1) is 0 Å². The zero-order valence-electron chi connectivity index (χ0n) is 10.6. The van der Waals surface area contributed by atoms with Crippen LogP contribution in [0.1, 0.15) is 29.6 Å². The number of carbonyl (C=O) groups is 1. The molecule has 0 aromatic carbocycles. The quantitative estimate of drug-likeness (QED) is 0.871. The Kier molecular flexibility index (Phi) is 3.21. The lowest BCUT2D eigenvalue weighted by Gasteiger charge is -2.18. The minimum Gasteiger partial charge on any atom is -0.396 e. The van der Waals surface area contributed by atoms with E-state index in [1.165, 1.54) is 0 Å². The molecule has 5 heteroatoms. The topological polar surface area (TPSA) is 66.6 Å². The Morgan fingerprint density at radius 2 is 2.37 bits per heavy atom. The monoisotopic (exact) mass is 259 g/mol. The first kappa shape index (κ1) is 12.2. The summed E-state index contributed by atoms with van der Waals surface area (Å²) in [5, 5.41) is 16.5. The lowest BCUT2D eigenvalue weighted by atomic mass is 10.0. The van der Waals surface area contributed by atoms with Gasteiger partial charge in [0, 0.05) is 24.8 Å². The van der Waals surface area contributed by atoms with Gasteiger partial charge in [-0.1, -0.05) is 12.5 Å². The minimum absolute atomic E-state index is 0.0798. The van der Waals surface area contributed by atoms with Crippen LogP contribution in [-0.4, -0.2) is 33.3 Å². The Hall–Kier alpha value is -1.88. The van der Waals surface area contributed by atoms with Gasteiger partial charge < -0.3 is 10.4 Å². The maximum Gasteiger partial charge on any atom is 0.255 e. The van der Waals surface area contributed by atoms with E-state index in [4.69, 9.17) is 0 Å². The number of amides is 1. The van der Waals surface area contributed by atoms with E-state index in [1.54, 1.807) is 10.7 Å². The summed E-state index contributed by atoms with van der Waals surface area (Å²) < 4.78 is 1.69. The van der Waals surface area contributed by atoms with Crippen LogP contribution in [0.25, 0.3) is 5.52 Å². The predicted octanol–water partition coefficient (Wildman–Crippen LogP) is 1.23. The second-order valence-corrected chi connectivity index (χ2v) is 5.04. The van der Waals surface area contributed by atoms with Gasteiger partial charge >= 0.3 is 0 Å². The molecule has 19 heavy (non-hydrogen) atoms. The molecule has 100 valence electrons. The molecule has 2 aromatic rings. The van der Waals surface area contributed by atoms with Gasteiger partial charge in [0.2, 0.25) is 0 Å². The number of aliphatic hydroxyl groups excluding tert-OH is 1. The lowest BCUT2D eigenvalue weighted by molar-refractivity contribution is 0.0917. The Morgan fingerprint density at radius 3 is 3.21 bits per heavy atom. The Bertz CT molecular complexity index is 593. The summed E-state index contributed by atoms with van der Waals surface area (Å²) in [4.78, 5) is 12.3. The van der Waals surface area contributed by atoms with Gasteiger partial charge in [0.05, 0.1) is 17.3 Å². The summed E-state index contributed by atoms with van der Waals surface area (Å²) in [6.45, 7) is 0.139. The third-order valence-electron chi connectivity index (χ3n) is 3.88. The van der Waals surface area contributed by atoms with Gasteiger partial charge in [-0.2, -0.15) is 5.10 Å². The van der Waals surface area contributed by atoms with Crippen molar-refractivity contribution in [2.24, 2.45) is 5.92 Å². The van der Waals surface area contributed by atoms with E-state index in [0.29, 0.717) is 5.56 Å². The summed E-state index contributed by atoms with van der Waals surface area (Å²) in [5.74, 6) is 0.0809. The fourth-order valence-corrected chi connectivity index (χ4v) is 2.80. The van der Waals surface area contributed by atoms with E-state index in [2.05, 4.69) is 10.4 Å². The maximum absolute atomic E-state index is 12.3. The highest BCUT2D eigenvalue weighted by Gasteiger charge is 2.28. The summed E-state index contributed by atoms with van der Waals surface area (Å²) in [6, 6.07) is 5.72. The first-order valence-electron chi connectivity index (χ1n) is 6.63. The average molecular weight is 259 g/mol. The lowest BCUT2D eigenvalue weighted by Crippen LogP contribution is -2.38. The van der Waals surface area contributed by atoms with Crippen LogP contribution >= 0.6 is 0 Å². The second kappa shape index (κ2) is 5.01. The van der Waals surface area contributed by atoms with Gasteiger partial charge in [0.25, 0.3) is 5.91 Å². The number of hydrogen-bond acceptors (Lipinski definition) is 3. The van der Waals surface area contributed by atoms with Crippen LogP contribution in [0, 0.1) is 5.92 Å². The van der Waals surface area contributed by atoms with Crippen molar-refractivity contribution in [2.45, 2.75) is 25.3 Å². The number of aromatic nitrogens is 2. The molecule has 1 aliphatic rings. The summed E-state index contributed by atoms with van der Waals surface area (Å²) in [5.41, 5.74) is 1.39. The first-order chi connectivity index (χ1) is 9.29. The van der Waals surface area contributed by atoms with E-state index in [9.17, 15) is 9.90 Å². The molecule has 0 aliphatic heterocycles. The number of carbonyl (C=O) groups excluding carboxylic acids is 1. The van der Waals surface area contributed by atoms with Crippen LogP contribution in [0.3, 0.4) is 0 Å². The molecule has 1 saturated carbocycles. The first-order valence-corrected chi connectivity index (χ1v) is 6.63. The molecular weight excluding hydrogens is 242 g/mol. The molecule has 1 fully saturated rings. The van der Waals surface area contributed by atoms with E-state index >= 15 is 0 Å². The third-order valence-corrected chi connectivity index (χ3v) is 3.88. The fraction of sp³-hybridized carbons (Fsp3) is 0.429. The Balaban J connectivity index is 1.80. The van der Waals surface area contributed by atoms with Crippen molar-refractivity contribution < 1.29 is 9.90 Å². The minimum atomic E-state index is -0.105. The summed E-state index contributed by atoms with van der Waals surface area (Å²) in [6.07, 6.45) is 6.39. The van der Waals surface area contributed by atoms with E-state index in [-0.39, 0.29) is 24.5 Å². The van der Waals surface area contributed by atoms with Gasteiger partial charge in [-0.05, 0) is 25.0 Å². The fourth-order valence-electron chi connectivity index (χ4n) is 2.80. The van der Waals surface area contributed by atoms with Crippen molar-refractivity contribution in [2.75, 3.05) is 6.61 Å². The van der Waals surface area contributed by atoms with E-state index in [1.807, 2.05) is 24.4 Å². The number of nitrogens with zero attached hydrogens (tertiary/aromatic N) is 2. The van der Waals surface area contributed by atoms with Crippen molar-refractivity contribution in [1.29, 1.82) is 0 Å². The number of pyridine rings is 1. The number of aliphatic hydroxyl groups is 1. The molecule has 1 amide bonds. The molecule has 2 heterocycles. The Morgan fingerprint density at radius 1 is 1.47 bits per heavy atom. The van der Waals surface area contributed by atoms with Crippen LogP contribution in [-0.2, 0) is 0 Å². The molecule has 2 N–H and O–H groups in total. The van der Waals surface area contributed by atoms with Crippen LogP contribution in [0.4, 0.5) is 0 Å². The number of fused-ring (bicyclic) bond motifs is 1. The Labute approximate surface area is 111 Å². The standard InChI is InChI=1S/C14H17N3O2/c18-9-10-4-3-5-12(10)16-14(19)11-8-15-17-7-2-1-6-13(11)17/h1-2,6-8,10,12,18H,3-5,9H2,(H,16,19). The van der Waals surface area contributed by atoms with E-state index in [0.717, 1.165) is 24.8 Å². The molecule has 0 spiro atoms. The largest absolute Gasteiger partial charge is 0.396 e. The number of hydrogen-bond donors (Lipinski definition) is 2. The molecule has 0 saturated heterocycles. The highest BCUT2D eigenvalue weighted by atomic mass is 16.3. The van der Waals surface area contributed by atoms with Crippen LogP contribution in [0.5, 0.6) is 0 Å². The van der Waals surface area contributed by atoms with Gasteiger partial charge in [0.15, 0.2) is 0 Å². The zero-order valence-corrected chi connectivity index (χ0v) is 10.6. The van der Waals surface area contributed by atoms with Gasteiger partial charge in [-0.25, -0.2) is 4.52 Å². The molecule has 1 aliphatic carbocycles. The molecule has 0 radical (unpaired) electrons. The van der Waals surface area contributed by atoms with Crippen LogP contribution < -0.4 is 5.32 Å². The normalized spacial score (nSPS) is 22.8. The van der Waals surface area contributed by atoms with E-state index < -0.39 is 0 Å². The third kappa shape index (κ3) is 2.21. The SMILES string of the molecule is O=C(NC1CCCC1CO)c1cnn2ccccc12. The van der Waals surface area contributed by atoms with Crippen molar-refractivity contribution in [1.82, 2.24) is 14.9 Å². The van der Waals surface area contributed by atoms with Crippen LogP contribution in [0.15, 0.2) is 30.6 Å². The van der Waals surface area contributed by atoms with Crippen molar-refractivity contribution >= 4 is 11.4 Å². The smallest absolute Gasteiger partial charge is 0.255 e. The molecule has 3 rings (SSSR count). The second-order valence-electron chi connectivity index (χ2n) is 5.04. The maximum atomic E-state index is 12.3. The summed E-state index contributed by atoms with van der Waals surface area (Å²) >= 11 is 0. The van der Waals surface area contributed by atoms with Crippen LogP contribution in [0.2, 0.25) is 0 Å². The van der Waals surface area contributed by atoms with Gasteiger partial charge in [0.1, 0.15) is 0 Å².